The second-order valence-electron chi connectivity index (χ2n) is 2.62. The summed E-state index contributed by atoms with van der Waals surface area (Å²) in [6.07, 6.45) is 4.27. The molecule has 0 amide bonds. The number of rotatable bonds is 2. The van der Waals surface area contributed by atoms with Gasteiger partial charge >= 0.3 is 0 Å². The highest BCUT2D eigenvalue weighted by Gasteiger charge is 1.94. The maximum Gasteiger partial charge on any atom is 0.0704 e. The second kappa shape index (κ2) is 4.75. The molecule has 0 saturated carbocycles. The van der Waals surface area contributed by atoms with Gasteiger partial charge in [0.25, 0.3) is 0 Å². The van der Waals surface area contributed by atoms with Crippen LogP contribution in [0.1, 0.15) is 9.75 Å². The summed E-state index contributed by atoms with van der Waals surface area (Å²) < 4.78 is 2.34. The summed E-state index contributed by atoms with van der Waals surface area (Å²) in [5, 5.41) is 0. The normalized spacial score (nSPS) is 11.3. The molecule has 0 nitrogen and oxygen atoms in total. The van der Waals surface area contributed by atoms with Crippen LogP contribution in [0.4, 0.5) is 0 Å². The Balaban J connectivity index is 2.14. The molecule has 0 aliphatic rings. The first kappa shape index (κ1) is 10.6. The average Bonchev–Trinajstić information content (AvgIpc) is 2.72. The molecule has 0 spiro atoms. The molecule has 0 saturated heterocycles. The van der Waals surface area contributed by atoms with Gasteiger partial charge < -0.3 is 0 Å². The lowest BCUT2D eigenvalue weighted by molar-refractivity contribution is 1.91. The zero-order valence-corrected chi connectivity index (χ0v) is 11.8. The van der Waals surface area contributed by atoms with Crippen LogP contribution in [0.5, 0.6) is 0 Å². The monoisotopic (exact) mass is 348 g/mol. The molecule has 72 valence electrons. The minimum Gasteiger partial charge on any atom is -0.129 e. The Labute approximate surface area is 108 Å². The van der Waals surface area contributed by atoms with Crippen LogP contribution < -0.4 is 0 Å². The molecule has 0 aliphatic carbocycles. The van der Waals surface area contributed by atoms with Crippen molar-refractivity contribution in [1.29, 1.82) is 0 Å². The van der Waals surface area contributed by atoms with Crippen LogP contribution >= 0.6 is 54.5 Å². The molecule has 14 heavy (non-hydrogen) atoms. The average molecular weight is 350 g/mol. The molecule has 2 aromatic heterocycles. The van der Waals surface area contributed by atoms with Gasteiger partial charge in [0.2, 0.25) is 0 Å². The zero-order chi connectivity index (χ0) is 9.97. The van der Waals surface area contributed by atoms with Gasteiger partial charge in [-0.3, -0.25) is 0 Å². The molecule has 0 unspecified atom stereocenters. The Morgan fingerprint density at radius 3 is 1.50 bits per heavy atom. The smallest absolute Gasteiger partial charge is 0.0704 e. The fraction of sp³-hybridized carbons (Fsp3) is 0. The summed E-state index contributed by atoms with van der Waals surface area (Å²) in [6, 6.07) is 8.34. The molecule has 4 heteroatoms. The van der Waals surface area contributed by atoms with Crippen LogP contribution in [0.25, 0.3) is 12.2 Å². The fourth-order valence-electron chi connectivity index (χ4n) is 1.000. The summed E-state index contributed by atoms with van der Waals surface area (Å²) in [4.78, 5) is 2.53. The number of halogens is 2. The van der Waals surface area contributed by atoms with Gasteiger partial charge in [-0.15, -0.1) is 22.7 Å². The van der Waals surface area contributed by atoms with Crippen molar-refractivity contribution in [2.45, 2.75) is 0 Å². The lowest BCUT2D eigenvalue weighted by atomic mass is 10.4. The Morgan fingerprint density at radius 1 is 0.786 bits per heavy atom. The first-order chi connectivity index (χ1) is 6.74. The Morgan fingerprint density at radius 2 is 1.21 bits per heavy atom. The molecule has 0 bridgehead atoms. The van der Waals surface area contributed by atoms with Crippen LogP contribution in [0.2, 0.25) is 0 Å². The van der Waals surface area contributed by atoms with E-state index in [1.54, 1.807) is 22.7 Å². The molecule has 2 aromatic rings. The fourth-order valence-corrected chi connectivity index (χ4v) is 3.65. The standard InChI is InChI=1S/C10H6Br2S2/c11-9-5-3-7(13-9)1-2-8-4-6-10(12)14-8/h1-6H/b2-1-. The number of hydrogen-bond donors (Lipinski definition) is 0. The molecule has 0 radical (unpaired) electrons. The van der Waals surface area contributed by atoms with E-state index in [2.05, 4.69) is 68.3 Å². The van der Waals surface area contributed by atoms with Gasteiger partial charge in [-0.1, -0.05) is 0 Å². The van der Waals surface area contributed by atoms with Gasteiger partial charge in [0, 0.05) is 9.75 Å². The van der Waals surface area contributed by atoms with Crippen molar-refractivity contribution in [1.82, 2.24) is 0 Å². The third-order valence-electron chi connectivity index (χ3n) is 1.60. The van der Waals surface area contributed by atoms with Gasteiger partial charge in [-0.25, -0.2) is 0 Å². The topological polar surface area (TPSA) is 0 Å². The largest absolute Gasteiger partial charge is 0.129 e. The summed E-state index contributed by atoms with van der Waals surface area (Å²) in [5.74, 6) is 0. The van der Waals surface area contributed by atoms with Crippen molar-refractivity contribution in [3.8, 4) is 0 Å². The van der Waals surface area contributed by atoms with E-state index in [1.807, 2.05) is 0 Å². The minimum atomic E-state index is 1.17. The zero-order valence-electron chi connectivity index (χ0n) is 7.04. The van der Waals surface area contributed by atoms with E-state index >= 15 is 0 Å². The van der Waals surface area contributed by atoms with E-state index in [0.717, 1.165) is 0 Å². The quantitative estimate of drug-likeness (QED) is 0.671. The first-order valence-corrected chi connectivity index (χ1v) is 7.15. The SMILES string of the molecule is Brc1ccc(/C=C\c2ccc(Br)s2)s1. The van der Waals surface area contributed by atoms with Crippen molar-refractivity contribution in [2.75, 3.05) is 0 Å². The molecule has 0 fully saturated rings. The van der Waals surface area contributed by atoms with E-state index in [9.17, 15) is 0 Å². The molecular weight excluding hydrogens is 344 g/mol. The van der Waals surface area contributed by atoms with Crippen LogP contribution in [0, 0.1) is 0 Å². The molecular formula is C10H6Br2S2. The van der Waals surface area contributed by atoms with E-state index in [1.165, 1.54) is 17.3 Å². The lowest BCUT2D eigenvalue weighted by Gasteiger charge is -1.83. The van der Waals surface area contributed by atoms with E-state index in [0.29, 0.717) is 0 Å². The van der Waals surface area contributed by atoms with Gasteiger partial charge in [0.05, 0.1) is 7.57 Å². The highest BCUT2D eigenvalue weighted by molar-refractivity contribution is 9.11. The first-order valence-electron chi connectivity index (χ1n) is 3.93. The predicted octanol–water partition coefficient (Wildman–Crippen LogP) is 5.51. The molecule has 0 N–H and O–H groups in total. The van der Waals surface area contributed by atoms with E-state index < -0.39 is 0 Å². The third-order valence-corrected chi connectivity index (χ3v) is 4.78. The van der Waals surface area contributed by atoms with Crippen LogP contribution in [-0.4, -0.2) is 0 Å². The van der Waals surface area contributed by atoms with Gasteiger partial charge in [0.15, 0.2) is 0 Å². The summed E-state index contributed by atoms with van der Waals surface area (Å²) in [5.41, 5.74) is 0. The Hall–Kier alpha value is 0.1000. The van der Waals surface area contributed by atoms with Crippen LogP contribution in [-0.2, 0) is 0 Å². The van der Waals surface area contributed by atoms with Crippen molar-refractivity contribution in [3.63, 3.8) is 0 Å². The lowest BCUT2D eigenvalue weighted by Crippen LogP contribution is -1.56. The van der Waals surface area contributed by atoms with Crippen molar-refractivity contribution in [3.05, 3.63) is 41.6 Å². The minimum absolute atomic E-state index is 1.17. The summed E-state index contributed by atoms with van der Waals surface area (Å²) >= 11 is 10.4. The van der Waals surface area contributed by atoms with Crippen LogP contribution in [0.3, 0.4) is 0 Å². The van der Waals surface area contributed by atoms with Gasteiger partial charge in [-0.05, 0) is 68.3 Å². The Bertz CT molecular complexity index is 412. The molecule has 0 atom stereocenters. The molecule has 0 aromatic carbocycles. The number of hydrogen-bond acceptors (Lipinski definition) is 2. The predicted molar refractivity (Wildman–Crippen MR) is 73.0 cm³/mol. The van der Waals surface area contributed by atoms with Crippen molar-refractivity contribution in [2.24, 2.45) is 0 Å². The summed E-state index contributed by atoms with van der Waals surface area (Å²) in [7, 11) is 0. The maximum absolute atomic E-state index is 3.44. The molecule has 0 aliphatic heterocycles. The van der Waals surface area contributed by atoms with E-state index in [4.69, 9.17) is 0 Å². The third kappa shape index (κ3) is 2.79. The van der Waals surface area contributed by atoms with E-state index in [-0.39, 0.29) is 0 Å². The highest BCUT2D eigenvalue weighted by atomic mass is 79.9. The van der Waals surface area contributed by atoms with Gasteiger partial charge in [0.1, 0.15) is 0 Å². The Kier molecular flexibility index (Phi) is 3.60. The molecule has 2 heterocycles. The van der Waals surface area contributed by atoms with Gasteiger partial charge in [-0.2, -0.15) is 0 Å². The number of thiophene rings is 2. The van der Waals surface area contributed by atoms with Crippen molar-refractivity contribution < 1.29 is 0 Å². The highest BCUT2D eigenvalue weighted by Crippen LogP contribution is 2.26. The summed E-state index contributed by atoms with van der Waals surface area (Å²) in [6.45, 7) is 0. The van der Waals surface area contributed by atoms with Crippen molar-refractivity contribution >= 4 is 66.7 Å². The molecule has 2 rings (SSSR count). The second-order valence-corrected chi connectivity index (χ2v) is 7.61. The maximum atomic E-state index is 3.44. The van der Waals surface area contributed by atoms with Crippen LogP contribution in [0.15, 0.2) is 31.8 Å².